The fraction of sp³-hybridized carbons (Fsp3) is 0.444. The summed E-state index contributed by atoms with van der Waals surface area (Å²) in [4.78, 5) is 22.5. The Morgan fingerprint density at radius 3 is 2.76 bits per heavy atom. The first-order valence-electron chi connectivity index (χ1n) is 12.6. The SMILES string of the molecule is CN(C)C1CCN(c2nc(C(=O)Nc3cc4cn(CCC(C)(C)O)nc4cc3-c3ccoc3)cs2)CC1. The maximum absolute atomic E-state index is 13.3. The Morgan fingerprint density at radius 1 is 1.30 bits per heavy atom. The molecule has 9 nitrogen and oxygen atoms in total. The summed E-state index contributed by atoms with van der Waals surface area (Å²) in [7, 11) is 4.25. The van der Waals surface area contributed by atoms with Crippen LogP contribution >= 0.6 is 11.3 Å². The van der Waals surface area contributed by atoms with Gasteiger partial charge in [-0.3, -0.25) is 9.48 Å². The van der Waals surface area contributed by atoms with Gasteiger partial charge >= 0.3 is 0 Å². The Bertz CT molecular complexity index is 1360. The maximum Gasteiger partial charge on any atom is 0.275 e. The molecule has 0 aliphatic carbocycles. The molecule has 1 aliphatic rings. The van der Waals surface area contributed by atoms with Gasteiger partial charge in [0.05, 0.1) is 23.6 Å². The highest BCUT2D eigenvalue weighted by Gasteiger charge is 2.24. The van der Waals surface area contributed by atoms with Gasteiger partial charge in [-0.2, -0.15) is 5.10 Å². The molecule has 1 amide bonds. The summed E-state index contributed by atoms with van der Waals surface area (Å²) >= 11 is 1.51. The number of hydrogen-bond acceptors (Lipinski definition) is 8. The number of nitrogens with zero attached hydrogens (tertiary/aromatic N) is 5. The Morgan fingerprint density at radius 2 is 2.08 bits per heavy atom. The summed E-state index contributed by atoms with van der Waals surface area (Å²) in [5.74, 6) is -0.246. The lowest BCUT2D eigenvalue weighted by Gasteiger charge is -2.35. The van der Waals surface area contributed by atoms with Crippen molar-refractivity contribution in [1.82, 2.24) is 19.7 Å². The number of fused-ring (bicyclic) bond motifs is 1. The zero-order chi connectivity index (χ0) is 26.2. The van der Waals surface area contributed by atoms with E-state index in [2.05, 4.69) is 39.3 Å². The highest BCUT2D eigenvalue weighted by atomic mass is 32.1. The Hall–Kier alpha value is -3.21. The van der Waals surface area contributed by atoms with Crippen molar-refractivity contribution in [3.05, 3.63) is 48.0 Å². The Labute approximate surface area is 220 Å². The molecule has 10 heteroatoms. The summed E-state index contributed by atoms with van der Waals surface area (Å²) in [6.45, 7) is 6.05. The Balaban J connectivity index is 1.36. The second-order valence-corrected chi connectivity index (χ2v) is 11.4. The fourth-order valence-corrected chi connectivity index (χ4v) is 5.52. The number of nitrogens with one attached hydrogen (secondary N) is 1. The van der Waals surface area contributed by atoms with Gasteiger partial charge in [0, 0.05) is 59.5 Å². The van der Waals surface area contributed by atoms with Crippen molar-refractivity contribution in [1.29, 1.82) is 0 Å². The number of aryl methyl sites for hydroxylation is 1. The van der Waals surface area contributed by atoms with Crippen LogP contribution in [0.2, 0.25) is 0 Å². The molecule has 0 atom stereocenters. The molecule has 0 bridgehead atoms. The number of aliphatic hydroxyl groups is 1. The predicted octanol–water partition coefficient (Wildman–Crippen LogP) is 4.70. The van der Waals surface area contributed by atoms with Crippen LogP contribution in [0.5, 0.6) is 0 Å². The molecule has 1 saturated heterocycles. The van der Waals surface area contributed by atoms with Gasteiger partial charge in [-0.25, -0.2) is 4.98 Å². The number of rotatable bonds is 8. The van der Waals surface area contributed by atoms with Gasteiger partial charge in [0.15, 0.2) is 5.13 Å². The third-order valence-electron chi connectivity index (χ3n) is 6.91. The maximum atomic E-state index is 13.3. The highest BCUT2D eigenvalue weighted by Crippen LogP contribution is 2.33. The number of furan rings is 1. The van der Waals surface area contributed by atoms with Gasteiger partial charge in [-0.05, 0) is 65.4 Å². The fourth-order valence-electron chi connectivity index (χ4n) is 4.66. The van der Waals surface area contributed by atoms with E-state index in [1.54, 1.807) is 26.4 Å². The molecule has 1 aliphatic heterocycles. The number of aromatic nitrogens is 3. The van der Waals surface area contributed by atoms with Crippen LogP contribution in [0.1, 0.15) is 43.6 Å². The van der Waals surface area contributed by atoms with E-state index in [0.717, 1.165) is 53.1 Å². The first-order valence-corrected chi connectivity index (χ1v) is 13.5. The molecule has 0 spiro atoms. The summed E-state index contributed by atoms with van der Waals surface area (Å²) in [5, 5.41) is 21.5. The van der Waals surface area contributed by atoms with Gasteiger partial charge in [-0.1, -0.05) is 0 Å². The van der Waals surface area contributed by atoms with Crippen molar-refractivity contribution in [2.24, 2.45) is 0 Å². The first-order chi connectivity index (χ1) is 17.7. The molecule has 1 aromatic carbocycles. The number of hydrogen-bond donors (Lipinski definition) is 2. The van der Waals surface area contributed by atoms with Gasteiger partial charge in [-0.15, -0.1) is 11.3 Å². The highest BCUT2D eigenvalue weighted by molar-refractivity contribution is 7.14. The summed E-state index contributed by atoms with van der Waals surface area (Å²) in [6, 6.07) is 6.34. The largest absolute Gasteiger partial charge is 0.472 e. The van der Waals surface area contributed by atoms with Crippen molar-refractivity contribution in [3.8, 4) is 11.1 Å². The molecule has 0 radical (unpaired) electrons. The van der Waals surface area contributed by atoms with Crippen molar-refractivity contribution in [3.63, 3.8) is 0 Å². The molecular formula is C27H34N6O3S. The molecule has 5 rings (SSSR count). The summed E-state index contributed by atoms with van der Waals surface area (Å²) in [5.41, 5.74) is 2.79. The molecule has 2 N–H and O–H groups in total. The molecule has 196 valence electrons. The molecule has 4 heterocycles. The van der Waals surface area contributed by atoms with Crippen LogP contribution in [0.4, 0.5) is 10.8 Å². The number of thiazole rings is 1. The number of carbonyl (C=O) groups is 1. The number of piperidine rings is 1. The molecule has 1 fully saturated rings. The monoisotopic (exact) mass is 522 g/mol. The van der Waals surface area contributed by atoms with Gasteiger partial charge in [0.25, 0.3) is 5.91 Å². The lowest BCUT2D eigenvalue weighted by molar-refractivity contribution is 0.0651. The van der Waals surface area contributed by atoms with Crippen LogP contribution in [0.15, 0.2) is 46.7 Å². The molecular weight excluding hydrogens is 488 g/mol. The van der Waals surface area contributed by atoms with Crippen LogP contribution in [0, 0.1) is 0 Å². The van der Waals surface area contributed by atoms with E-state index in [1.807, 2.05) is 34.5 Å². The summed E-state index contributed by atoms with van der Waals surface area (Å²) in [6.07, 6.45) is 7.96. The molecule has 3 aromatic heterocycles. The van der Waals surface area contributed by atoms with Crippen molar-refractivity contribution in [2.75, 3.05) is 37.4 Å². The van der Waals surface area contributed by atoms with Gasteiger partial charge in [0.2, 0.25) is 0 Å². The zero-order valence-electron chi connectivity index (χ0n) is 21.8. The minimum atomic E-state index is -0.770. The van der Waals surface area contributed by atoms with Crippen molar-refractivity contribution < 1.29 is 14.3 Å². The quantitative estimate of drug-likeness (QED) is 0.346. The smallest absolute Gasteiger partial charge is 0.275 e. The van der Waals surface area contributed by atoms with E-state index in [0.29, 0.717) is 30.4 Å². The minimum Gasteiger partial charge on any atom is -0.472 e. The molecule has 37 heavy (non-hydrogen) atoms. The second-order valence-electron chi connectivity index (χ2n) is 10.6. The van der Waals surface area contributed by atoms with E-state index >= 15 is 0 Å². The minimum absolute atomic E-state index is 0.246. The van der Waals surface area contributed by atoms with Crippen molar-refractivity contribution >= 4 is 39.0 Å². The third-order valence-corrected chi connectivity index (χ3v) is 7.82. The summed E-state index contributed by atoms with van der Waals surface area (Å²) < 4.78 is 7.15. The van der Waals surface area contributed by atoms with Crippen LogP contribution < -0.4 is 10.2 Å². The molecule has 4 aromatic rings. The number of amides is 1. The van der Waals surface area contributed by atoms with E-state index in [4.69, 9.17) is 4.42 Å². The topological polar surface area (TPSA) is 99.7 Å². The van der Waals surface area contributed by atoms with Crippen molar-refractivity contribution in [2.45, 2.75) is 51.3 Å². The zero-order valence-corrected chi connectivity index (χ0v) is 22.6. The van der Waals surface area contributed by atoms with Gasteiger partial charge < -0.3 is 24.6 Å². The predicted molar refractivity (Wildman–Crippen MR) is 147 cm³/mol. The second kappa shape index (κ2) is 10.3. The van der Waals surface area contributed by atoms with Crippen LogP contribution in [-0.4, -0.2) is 69.5 Å². The standard InChI is InChI=1S/C27H34N6O3S/c1-27(2,35)8-11-33-15-19-13-23(21(14-22(19)30-33)18-7-12-36-16-18)28-25(34)24-17-37-26(29-24)32-9-5-20(6-10-32)31(3)4/h7,12-17,20,35H,5-6,8-11H2,1-4H3,(H,28,34). The average molecular weight is 523 g/mol. The molecule has 0 unspecified atom stereocenters. The lowest BCUT2D eigenvalue weighted by atomic mass is 10.0. The third kappa shape index (κ3) is 5.87. The van der Waals surface area contributed by atoms with Crippen LogP contribution in [0.3, 0.4) is 0 Å². The Kier molecular flexibility index (Phi) is 7.06. The normalized spacial score (nSPS) is 15.1. The number of carbonyl (C=O) groups excluding carboxylic acids is 1. The molecule has 0 saturated carbocycles. The van der Waals surface area contributed by atoms with Gasteiger partial charge in [0.1, 0.15) is 5.69 Å². The number of benzene rings is 1. The van der Waals surface area contributed by atoms with E-state index < -0.39 is 5.60 Å². The average Bonchev–Trinajstić information content (AvgIpc) is 3.62. The number of anilines is 2. The van der Waals surface area contributed by atoms with E-state index in [9.17, 15) is 9.90 Å². The van der Waals surface area contributed by atoms with E-state index in [1.165, 1.54) is 11.3 Å². The van der Waals surface area contributed by atoms with Crippen LogP contribution in [-0.2, 0) is 6.54 Å². The lowest BCUT2D eigenvalue weighted by Crippen LogP contribution is -2.42. The van der Waals surface area contributed by atoms with Crippen LogP contribution in [0.25, 0.3) is 22.0 Å². The van der Waals surface area contributed by atoms with E-state index in [-0.39, 0.29) is 5.91 Å². The first kappa shape index (κ1) is 25.4.